The number of hydrogen-bond acceptors (Lipinski definition) is 5. The van der Waals surface area contributed by atoms with Crippen molar-refractivity contribution in [1.29, 1.82) is 0 Å². The van der Waals surface area contributed by atoms with Crippen molar-refractivity contribution in [2.24, 2.45) is 0 Å². The molecule has 0 saturated carbocycles. The fraction of sp³-hybridized carbons (Fsp3) is 0.714. The monoisotopic (exact) mass is 171 g/mol. The van der Waals surface area contributed by atoms with Gasteiger partial charge in [0, 0.05) is 13.2 Å². The highest BCUT2D eigenvalue weighted by Crippen LogP contribution is 2.03. The molecule has 0 radical (unpaired) electrons. The molecule has 0 aliphatic heterocycles. The summed E-state index contributed by atoms with van der Waals surface area (Å²) in [6, 6.07) is 0.451. The average molecular weight is 171 g/mol. The molecule has 0 aromatic carbocycles. The maximum absolute atomic E-state index is 5.10. The van der Waals surface area contributed by atoms with Gasteiger partial charge < -0.3 is 14.6 Å². The molecule has 1 aromatic heterocycles. The first-order valence-electron chi connectivity index (χ1n) is 4.01. The Morgan fingerprint density at radius 3 is 3.00 bits per heavy atom. The van der Waals surface area contributed by atoms with Gasteiger partial charge in [0.25, 0.3) is 0 Å². The van der Waals surface area contributed by atoms with E-state index < -0.39 is 0 Å². The number of anilines is 1. The predicted octanol–water partition coefficient (Wildman–Crippen LogP) is 1.04. The van der Waals surface area contributed by atoms with Crippen molar-refractivity contribution < 1.29 is 9.26 Å². The van der Waals surface area contributed by atoms with E-state index in [1.807, 2.05) is 13.8 Å². The Morgan fingerprint density at radius 2 is 2.33 bits per heavy atom. The van der Waals surface area contributed by atoms with Crippen LogP contribution in [-0.2, 0) is 11.3 Å². The van der Waals surface area contributed by atoms with Gasteiger partial charge in [-0.15, -0.1) is 0 Å². The molecule has 1 N–H and O–H groups in total. The summed E-state index contributed by atoms with van der Waals surface area (Å²) in [5, 5.41) is 6.61. The molecule has 0 aliphatic rings. The summed E-state index contributed by atoms with van der Waals surface area (Å²) in [6.07, 6.45) is 0. The van der Waals surface area contributed by atoms with E-state index >= 15 is 0 Å². The van der Waals surface area contributed by atoms with E-state index in [2.05, 4.69) is 15.5 Å². The van der Waals surface area contributed by atoms with E-state index in [4.69, 9.17) is 9.26 Å². The van der Waals surface area contributed by atoms with Crippen LogP contribution in [-0.4, -0.2) is 23.3 Å². The molecule has 5 nitrogen and oxygen atoms in total. The summed E-state index contributed by atoms with van der Waals surface area (Å²) in [6.45, 7) is 5.73. The highest BCUT2D eigenvalue weighted by atomic mass is 16.5. The van der Waals surface area contributed by atoms with Crippen molar-refractivity contribution in [3.05, 3.63) is 5.82 Å². The zero-order valence-electron chi connectivity index (χ0n) is 7.33. The average Bonchev–Trinajstić information content (AvgIpc) is 2.50. The molecule has 1 rings (SSSR count). The van der Waals surface area contributed by atoms with E-state index in [1.165, 1.54) is 0 Å². The zero-order valence-corrected chi connectivity index (χ0v) is 7.33. The van der Waals surface area contributed by atoms with E-state index in [1.54, 1.807) is 0 Å². The van der Waals surface area contributed by atoms with Crippen LogP contribution in [0.4, 0.5) is 6.01 Å². The van der Waals surface area contributed by atoms with Crippen molar-refractivity contribution in [2.45, 2.75) is 20.5 Å². The Balaban J connectivity index is 2.41. The van der Waals surface area contributed by atoms with Crippen molar-refractivity contribution in [3.8, 4) is 0 Å². The first kappa shape index (κ1) is 8.99. The third-order valence-corrected chi connectivity index (χ3v) is 1.23. The second-order valence-corrected chi connectivity index (χ2v) is 2.18. The minimum Gasteiger partial charge on any atom is -0.374 e. The SMILES string of the molecule is CCNc1nc(COCC)no1. The Bertz CT molecular complexity index is 224. The van der Waals surface area contributed by atoms with Crippen molar-refractivity contribution >= 4 is 6.01 Å². The second-order valence-electron chi connectivity index (χ2n) is 2.18. The van der Waals surface area contributed by atoms with E-state index in [0.29, 0.717) is 25.1 Å². The Morgan fingerprint density at radius 1 is 1.50 bits per heavy atom. The van der Waals surface area contributed by atoms with Crippen LogP contribution in [0.3, 0.4) is 0 Å². The third-order valence-electron chi connectivity index (χ3n) is 1.23. The summed E-state index contributed by atoms with van der Waals surface area (Å²) in [5.74, 6) is 0.577. The fourth-order valence-electron chi connectivity index (χ4n) is 0.729. The Labute approximate surface area is 71.1 Å². The van der Waals surface area contributed by atoms with E-state index in [9.17, 15) is 0 Å². The summed E-state index contributed by atoms with van der Waals surface area (Å²) in [4.78, 5) is 4.02. The van der Waals surface area contributed by atoms with Gasteiger partial charge in [0.05, 0.1) is 0 Å². The lowest BCUT2D eigenvalue weighted by atomic mass is 10.6. The largest absolute Gasteiger partial charge is 0.374 e. The molecule has 0 fully saturated rings. The molecule has 68 valence electrons. The van der Waals surface area contributed by atoms with E-state index in [-0.39, 0.29) is 0 Å². The highest BCUT2D eigenvalue weighted by molar-refractivity contribution is 5.16. The number of aromatic nitrogens is 2. The second kappa shape index (κ2) is 4.71. The van der Waals surface area contributed by atoms with Crippen molar-refractivity contribution in [3.63, 3.8) is 0 Å². The molecule has 0 atom stereocenters. The molecular formula is C7H13N3O2. The van der Waals surface area contributed by atoms with Crippen LogP contribution in [0.1, 0.15) is 19.7 Å². The Hall–Kier alpha value is -1.10. The van der Waals surface area contributed by atoms with Gasteiger partial charge >= 0.3 is 6.01 Å². The van der Waals surface area contributed by atoms with E-state index in [0.717, 1.165) is 6.54 Å². The van der Waals surface area contributed by atoms with Gasteiger partial charge in [-0.25, -0.2) is 0 Å². The van der Waals surface area contributed by atoms with Crippen molar-refractivity contribution in [2.75, 3.05) is 18.5 Å². The molecule has 0 aliphatic carbocycles. The van der Waals surface area contributed by atoms with Gasteiger partial charge in [-0.2, -0.15) is 4.98 Å². The normalized spacial score (nSPS) is 10.2. The van der Waals surface area contributed by atoms with Crippen molar-refractivity contribution in [1.82, 2.24) is 10.1 Å². The van der Waals surface area contributed by atoms with Crippen LogP contribution >= 0.6 is 0 Å². The van der Waals surface area contributed by atoms with Gasteiger partial charge in [0.1, 0.15) is 6.61 Å². The first-order chi connectivity index (χ1) is 5.86. The maximum atomic E-state index is 5.10. The van der Waals surface area contributed by atoms with Crippen LogP contribution < -0.4 is 5.32 Å². The smallest absolute Gasteiger partial charge is 0.321 e. The van der Waals surface area contributed by atoms with Gasteiger partial charge in [-0.1, -0.05) is 5.16 Å². The lowest BCUT2D eigenvalue weighted by Gasteiger charge is -1.92. The van der Waals surface area contributed by atoms with Gasteiger partial charge in [-0.05, 0) is 13.8 Å². The number of ether oxygens (including phenoxy) is 1. The number of nitrogens with zero attached hydrogens (tertiary/aromatic N) is 2. The summed E-state index contributed by atoms with van der Waals surface area (Å²) >= 11 is 0. The molecule has 0 unspecified atom stereocenters. The quantitative estimate of drug-likeness (QED) is 0.717. The maximum Gasteiger partial charge on any atom is 0.321 e. The molecule has 0 saturated heterocycles. The van der Waals surface area contributed by atoms with Gasteiger partial charge in [0.2, 0.25) is 0 Å². The van der Waals surface area contributed by atoms with Gasteiger partial charge in [-0.3, -0.25) is 0 Å². The standard InChI is InChI=1S/C7H13N3O2/c1-3-8-7-9-6(10-12-7)5-11-4-2/h3-5H2,1-2H3,(H,8,9,10). The molecule has 1 aromatic rings. The van der Waals surface area contributed by atoms with Crippen LogP contribution in [0.5, 0.6) is 0 Å². The molecule has 0 bridgehead atoms. The third kappa shape index (κ3) is 2.50. The summed E-state index contributed by atoms with van der Waals surface area (Å²) < 4.78 is 9.95. The van der Waals surface area contributed by atoms with Crippen LogP contribution in [0.2, 0.25) is 0 Å². The van der Waals surface area contributed by atoms with Crippen LogP contribution in [0, 0.1) is 0 Å². The zero-order chi connectivity index (χ0) is 8.81. The molecule has 5 heteroatoms. The highest BCUT2D eigenvalue weighted by Gasteiger charge is 2.03. The summed E-state index contributed by atoms with van der Waals surface area (Å²) in [5.41, 5.74) is 0. The molecule has 12 heavy (non-hydrogen) atoms. The first-order valence-corrected chi connectivity index (χ1v) is 4.01. The molecule has 1 heterocycles. The molecule has 0 amide bonds. The molecule has 0 spiro atoms. The number of hydrogen-bond donors (Lipinski definition) is 1. The van der Waals surface area contributed by atoms with Crippen LogP contribution in [0.25, 0.3) is 0 Å². The predicted molar refractivity (Wildman–Crippen MR) is 43.8 cm³/mol. The van der Waals surface area contributed by atoms with Gasteiger partial charge in [0.15, 0.2) is 5.82 Å². The minimum absolute atomic E-state index is 0.408. The fourth-order valence-corrected chi connectivity index (χ4v) is 0.729. The lowest BCUT2D eigenvalue weighted by Crippen LogP contribution is -1.97. The minimum atomic E-state index is 0.408. The van der Waals surface area contributed by atoms with Crippen LogP contribution in [0.15, 0.2) is 4.52 Å². The molecular weight excluding hydrogens is 158 g/mol. The Kier molecular flexibility index (Phi) is 3.53. The summed E-state index contributed by atoms with van der Waals surface area (Å²) in [7, 11) is 0. The topological polar surface area (TPSA) is 60.2 Å². The number of rotatable bonds is 5. The number of nitrogens with one attached hydrogen (secondary N) is 1. The lowest BCUT2D eigenvalue weighted by molar-refractivity contribution is 0.126.